The Hall–Kier alpha value is -2.48. The molecule has 2 N–H and O–H groups in total. The monoisotopic (exact) mass is 197 g/mol. The van der Waals surface area contributed by atoms with Gasteiger partial charge in [-0.25, -0.2) is 4.98 Å². The van der Waals surface area contributed by atoms with E-state index < -0.39 is 0 Å². The molecule has 2 aromatic rings. The van der Waals surface area contributed by atoms with Crippen LogP contribution in [0, 0.1) is 11.3 Å². The Morgan fingerprint density at radius 1 is 1.13 bits per heavy atom. The molecular weight excluding hydrogens is 190 g/mol. The highest BCUT2D eigenvalue weighted by Gasteiger charge is 2.01. The topological polar surface area (TPSA) is 88.5 Å². The van der Waals surface area contributed by atoms with Gasteiger partial charge in [-0.3, -0.25) is 9.97 Å². The number of hydrogen-bond acceptors (Lipinski definition) is 5. The highest BCUT2D eigenvalue weighted by Crippen LogP contribution is 2.13. The van der Waals surface area contributed by atoms with Crippen LogP contribution in [0.5, 0.6) is 0 Å². The first-order valence-electron chi connectivity index (χ1n) is 4.23. The summed E-state index contributed by atoms with van der Waals surface area (Å²) < 4.78 is 0. The summed E-state index contributed by atoms with van der Waals surface area (Å²) in [6.45, 7) is 0. The molecule has 5 nitrogen and oxygen atoms in total. The number of hydrogen-bond donors (Lipinski definition) is 1. The summed E-state index contributed by atoms with van der Waals surface area (Å²) in [4.78, 5) is 12.1. The van der Waals surface area contributed by atoms with E-state index in [1.165, 1.54) is 12.4 Å². The molecule has 2 rings (SSSR count). The molecule has 2 heterocycles. The highest BCUT2D eigenvalue weighted by molar-refractivity contribution is 5.55. The molecule has 5 heteroatoms. The van der Waals surface area contributed by atoms with Gasteiger partial charge in [-0.2, -0.15) is 5.26 Å². The fourth-order valence-corrected chi connectivity index (χ4v) is 1.12. The van der Waals surface area contributed by atoms with E-state index in [9.17, 15) is 0 Å². The Morgan fingerprint density at radius 2 is 2.00 bits per heavy atom. The highest BCUT2D eigenvalue weighted by atomic mass is 14.9. The Bertz CT molecular complexity index is 512. The van der Waals surface area contributed by atoms with Gasteiger partial charge >= 0.3 is 0 Å². The van der Waals surface area contributed by atoms with Gasteiger partial charge in [0, 0.05) is 6.20 Å². The normalized spacial score (nSPS) is 9.53. The van der Waals surface area contributed by atoms with Crippen molar-refractivity contribution in [3.05, 3.63) is 36.3 Å². The molecule has 0 saturated heterocycles. The molecule has 0 atom stereocenters. The third-order valence-corrected chi connectivity index (χ3v) is 1.81. The van der Waals surface area contributed by atoms with Gasteiger partial charge in [-0.05, 0) is 12.1 Å². The summed E-state index contributed by atoms with van der Waals surface area (Å²) in [6, 6.07) is 5.38. The van der Waals surface area contributed by atoms with Crippen molar-refractivity contribution >= 4 is 5.82 Å². The van der Waals surface area contributed by atoms with Crippen molar-refractivity contribution in [3.8, 4) is 17.5 Å². The fourth-order valence-electron chi connectivity index (χ4n) is 1.12. The zero-order chi connectivity index (χ0) is 10.7. The Labute approximate surface area is 86.2 Å². The number of nitrogen functional groups attached to an aromatic ring is 1. The van der Waals surface area contributed by atoms with Crippen molar-refractivity contribution in [1.82, 2.24) is 15.0 Å². The predicted octanol–water partition coefficient (Wildman–Crippen LogP) is 0.992. The van der Waals surface area contributed by atoms with Gasteiger partial charge in [0.05, 0.1) is 23.7 Å². The number of nitrogens with two attached hydrogens (primary N) is 1. The van der Waals surface area contributed by atoms with Gasteiger partial charge in [0.25, 0.3) is 0 Å². The molecule has 0 aromatic carbocycles. The van der Waals surface area contributed by atoms with Crippen molar-refractivity contribution in [1.29, 1.82) is 5.26 Å². The zero-order valence-electron chi connectivity index (χ0n) is 7.75. The molecule has 0 amide bonds. The lowest BCUT2D eigenvalue weighted by molar-refractivity contribution is 1.18. The maximum atomic E-state index is 8.61. The lowest BCUT2D eigenvalue weighted by atomic mass is 10.2. The van der Waals surface area contributed by atoms with Crippen LogP contribution >= 0.6 is 0 Å². The van der Waals surface area contributed by atoms with Crippen LogP contribution in [0.1, 0.15) is 5.56 Å². The van der Waals surface area contributed by atoms with Crippen molar-refractivity contribution in [2.75, 3.05) is 5.73 Å². The van der Waals surface area contributed by atoms with Crippen molar-refractivity contribution in [2.24, 2.45) is 0 Å². The minimum atomic E-state index is 0.346. The van der Waals surface area contributed by atoms with E-state index in [0.717, 1.165) is 0 Å². The van der Waals surface area contributed by atoms with Crippen LogP contribution in [0.2, 0.25) is 0 Å². The van der Waals surface area contributed by atoms with E-state index >= 15 is 0 Å². The van der Waals surface area contributed by atoms with E-state index in [0.29, 0.717) is 22.8 Å². The van der Waals surface area contributed by atoms with Crippen LogP contribution in [0.4, 0.5) is 5.82 Å². The SMILES string of the molecule is N#Cc1ccc(-c2cncc(N)n2)nc1. The number of pyridine rings is 1. The summed E-state index contributed by atoms with van der Waals surface area (Å²) in [5.41, 5.74) is 7.25. The fraction of sp³-hybridized carbons (Fsp3) is 0. The summed E-state index contributed by atoms with van der Waals surface area (Å²) in [6.07, 6.45) is 4.53. The van der Waals surface area contributed by atoms with Crippen molar-refractivity contribution in [2.45, 2.75) is 0 Å². The Balaban J connectivity index is 2.42. The van der Waals surface area contributed by atoms with Crippen LogP contribution in [0.25, 0.3) is 11.4 Å². The first-order valence-corrected chi connectivity index (χ1v) is 4.23. The minimum absolute atomic E-state index is 0.346. The molecule has 2 aromatic heterocycles. The van der Waals surface area contributed by atoms with Gasteiger partial charge in [0.15, 0.2) is 0 Å². The first-order chi connectivity index (χ1) is 7.29. The van der Waals surface area contributed by atoms with Crippen LogP contribution in [-0.4, -0.2) is 15.0 Å². The summed E-state index contributed by atoms with van der Waals surface area (Å²) in [5, 5.41) is 8.61. The summed E-state index contributed by atoms with van der Waals surface area (Å²) >= 11 is 0. The molecule has 15 heavy (non-hydrogen) atoms. The molecule has 0 aliphatic rings. The third-order valence-electron chi connectivity index (χ3n) is 1.81. The summed E-state index contributed by atoms with van der Waals surface area (Å²) in [7, 11) is 0. The second-order valence-corrected chi connectivity index (χ2v) is 2.87. The van der Waals surface area contributed by atoms with Crippen LogP contribution in [0.3, 0.4) is 0 Å². The molecule has 0 bridgehead atoms. The lowest BCUT2D eigenvalue weighted by Crippen LogP contribution is -1.94. The number of aromatic nitrogens is 3. The molecule has 72 valence electrons. The molecule has 0 unspecified atom stereocenters. The zero-order valence-corrected chi connectivity index (χ0v) is 7.75. The maximum absolute atomic E-state index is 8.61. The standard InChI is InChI=1S/C10H7N5/c11-3-7-1-2-8(14-4-7)9-5-13-6-10(12)15-9/h1-2,4-6H,(H2,12,15). The molecule has 0 fully saturated rings. The predicted molar refractivity (Wildman–Crippen MR) is 54.4 cm³/mol. The largest absolute Gasteiger partial charge is 0.382 e. The van der Waals surface area contributed by atoms with Crippen LogP contribution in [0.15, 0.2) is 30.7 Å². The van der Waals surface area contributed by atoms with Crippen LogP contribution < -0.4 is 5.73 Å². The van der Waals surface area contributed by atoms with Gasteiger partial charge in [-0.1, -0.05) is 0 Å². The quantitative estimate of drug-likeness (QED) is 0.736. The van der Waals surface area contributed by atoms with E-state index in [-0.39, 0.29) is 0 Å². The second kappa shape index (κ2) is 3.72. The van der Waals surface area contributed by atoms with Crippen molar-refractivity contribution in [3.63, 3.8) is 0 Å². The van der Waals surface area contributed by atoms with Gasteiger partial charge in [0.1, 0.15) is 17.6 Å². The molecule has 0 aliphatic heterocycles. The molecule has 0 aliphatic carbocycles. The maximum Gasteiger partial charge on any atom is 0.142 e. The van der Waals surface area contributed by atoms with E-state index in [2.05, 4.69) is 15.0 Å². The minimum Gasteiger partial charge on any atom is -0.382 e. The lowest BCUT2D eigenvalue weighted by Gasteiger charge is -1.99. The Kier molecular flexibility index (Phi) is 2.25. The number of anilines is 1. The average molecular weight is 197 g/mol. The Morgan fingerprint density at radius 3 is 2.60 bits per heavy atom. The van der Waals surface area contributed by atoms with E-state index in [4.69, 9.17) is 11.0 Å². The molecule has 0 spiro atoms. The second-order valence-electron chi connectivity index (χ2n) is 2.87. The molecule has 0 radical (unpaired) electrons. The average Bonchev–Trinajstić information content (AvgIpc) is 2.29. The van der Waals surface area contributed by atoms with Gasteiger partial charge < -0.3 is 5.73 Å². The van der Waals surface area contributed by atoms with Crippen molar-refractivity contribution < 1.29 is 0 Å². The molecular formula is C10H7N5. The third kappa shape index (κ3) is 1.89. The number of nitrogens with zero attached hydrogens (tertiary/aromatic N) is 4. The summed E-state index contributed by atoms with van der Waals surface area (Å²) in [5.74, 6) is 0.346. The smallest absolute Gasteiger partial charge is 0.142 e. The van der Waals surface area contributed by atoms with E-state index in [1.54, 1.807) is 18.3 Å². The van der Waals surface area contributed by atoms with E-state index in [1.807, 2.05) is 6.07 Å². The number of rotatable bonds is 1. The van der Waals surface area contributed by atoms with Gasteiger partial charge in [0.2, 0.25) is 0 Å². The number of nitriles is 1. The molecule has 0 saturated carbocycles. The van der Waals surface area contributed by atoms with Gasteiger partial charge in [-0.15, -0.1) is 0 Å². The first kappa shape index (κ1) is 9.09. The van der Waals surface area contributed by atoms with Crippen LogP contribution in [-0.2, 0) is 0 Å².